The van der Waals surface area contributed by atoms with E-state index >= 15 is 0 Å². The molecule has 0 fully saturated rings. The normalized spacial score (nSPS) is 11.5. The molecular formula is C12H11ClO5S. The summed E-state index contributed by atoms with van der Waals surface area (Å²) in [7, 11) is -2.72. The zero-order chi connectivity index (χ0) is 14.5. The van der Waals surface area contributed by atoms with Crippen LogP contribution in [0, 0.1) is 0 Å². The smallest absolute Gasteiger partial charge is 0.321 e. The van der Waals surface area contributed by atoms with Gasteiger partial charge in [-0.2, -0.15) is 0 Å². The summed E-state index contributed by atoms with van der Waals surface area (Å²) in [6.45, 7) is 0. The lowest BCUT2D eigenvalue weighted by molar-refractivity contribution is -0.137. The number of ether oxygens (including phenoxy) is 1. The monoisotopic (exact) mass is 302 g/mol. The first-order valence-electron chi connectivity index (χ1n) is 5.11. The Balaban J connectivity index is 2.78. The van der Waals surface area contributed by atoms with Gasteiger partial charge in [0.05, 0.1) is 7.11 Å². The van der Waals surface area contributed by atoms with E-state index in [1.165, 1.54) is 24.3 Å². The average molecular weight is 303 g/mol. The lowest BCUT2D eigenvalue weighted by Gasteiger charge is -1.98. The van der Waals surface area contributed by atoms with Crippen LogP contribution in [0.25, 0.3) is 0 Å². The van der Waals surface area contributed by atoms with E-state index in [4.69, 9.17) is 11.6 Å². The van der Waals surface area contributed by atoms with Crippen LogP contribution in [0.1, 0.15) is 10.4 Å². The van der Waals surface area contributed by atoms with Gasteiger partial charge in [-0.1, -0.05) is 11.6 Å². The molecule has 102 valence electrons. The molecule has 0 aliphatic heterocycles. The van der Waals surface area contributed by atoms with Gasteiger partial charge in [0.2, 0.25) is 0 Å². The SMILES string of the molecule is COC(=O)CS(=O)(=O)/C=C/C(=O)c1ccc(Cl)cc1. The molecule has 0 radical (unpaired) electrons. The van der Waals surface area contributed by atoms with E-state index in [0.29, 0.717) is 16.0 Å². The quantitative estimate of drug-likeness (QED) is 0.469. The minimum Gasteiger partial charge on any atom is -0.468 e. The minimum absolute atomic E-state index is 0.300. The summed E-state index contributed by atoms with van der Waals surface area (Å²) < 4.78 is 27.1. The molecule has 0 saturated carbocycles. The number of carbonyl (C=O) groups is 2. The number of rotatable bonds is 5. The topological polar surface area (TPSA) is 77.5 Å². The third-order valence-corrected chi connectivity index (χ3v) is 3.54. The highest BCUT2D eigenvalue weighted by Crippen LogP contribution is 2.10. The summed E-state index contributed by atoms with van der Waals surface area (Å²) in [5.41, 5.74) is 0.300. The molecule has 0 aliphatic carbocycles. The minimum atomic E-state index is -3.81. The van der Waals surface area contributed by atoms with E-state index in [1.807, 2.05) is 0 Å². The van der Waals surface area contributed by atoms with Crippen molar-refractivity contribution in [3.63, 3.8) is 0 Å². The highest BCUT2D eigenvalue weighted by atomic mass is 35.5. The second-order valence-corrected chi connectivity index (χ2v) is 5.88. The number of methoxy groups -OCH3 is 1. The number of ketones is 1. The fraction of sp³-hybridized carbons (Fsp3) is 0.167. The highest BCUT2D eigenvalue weighted by molar-refractivity contribution is 7.94. The van der Waals surface area contributed by atoms with Crippen molar-refractivity contribution in [3.8, 4) is 0 Å². The Bertz CT molecular complexity index is 602. The van der Waals surface area contributed by atoms with Crippen LogP contribution in [0.15, 0.2) is 35.7 Å². The maximum absolute atomic E-state index is 11.6. The summed E-state index contributed by atoms with van der Waals surface area (Å²) in [5, 5.41) is 1.17. The van der Waals surface area contributed by atoms with E-state index in [-0.39, 0.29) is 0 Å². The lowest BCUT2D eigenvalue weighted by atomic mass is 10.1. The molecule has 5 nitrogen and oxygen atoms in total. The maximum Gasteiger partial charge on any atom is 0.321 e. The molecule has 1 aromatic rings. The summed E-state index contributed by atoms with van der Waals surface area (Å²) in [6.07, 6.45) is 0.890. The molecule has 0 bridgehead atoms. The van der Waals surface area contributed by atoms with Crippen molar-refractivity contribution in [1.82, 2.24) is 0 Å². The Hall–Kier alpha value is -1.66. The van der Waals surface area contributed by atoms with Crippen LogP contribution in [0.5, 0.6) is 0 Å². The predicted octanol–water partition coefficient (Wildman–Crippen LogP) is 1.62. The van der Waals surface area contributed by atoms with Gasteiger partial charge in [0.15, 0.2) is 21.4 Å². The molecule has 19 heavy (non-hydrogen) atoms. The van der Waals surface area contributed by atoms with Gasteiger partial charge in [-0.05, 0) is 30.3 Å². The first-order valence-corrected chi connectivity index (χ1v) is 7.21. The van der Waals surface area contributed by atoms with Crippen molar-refractivity contribution in [2.75, 3.05) is 12.9 Å². The van der Waals surface area contributed by atoms with Crippen molar-refractivity contribution >= 4 is 33.2 Å². The zero-order valence-electron chi connectivity index (χ0n) is 10.00. The van der Waals surface area contributed by atoms with E-state index in [0.717, 1.165) is 13.2 Å². The third kappa shape index (κ3) is 5.23. The van der Waals surface area contributed by atoms with Crippen LogP contribution in [-0.4, -0.2) is 33.0 Å². The van der Waals surface area contributed by atoms with E-state index in [1.54, 1.807) is 0 Å². The number of hydrogen-bond acceptors (Lipinski definition) is 5. The molecule has 0 heterocycles. The van der Waals surface area contributed by atoms with Crippen molar-refractivity contribution < 1.29 is 22.7 Å². The molecule has 1 aromatic carbocycles. The molecule has 0 aliphatic rings. The Morgan fingerprint density at radius 1 is 1.26 bits per heavy atom. The largest absolute Gasteiger partial charge is 0.468 e. The van der Waals surface area contributed by atoms with E-state index in [2.05, 4.69) is 4.74 Å². The van der Waals surface area contributed by atoms with Gasteiger partial charge in [0.1, 0.15) is 0 Å². The predicted molar refractivity (Wildman–Crippen MR) is 70.7 cm³/mol. The van der Waals surface area contributed by atoms with Crippen molar-refractivity contribution in [2.45, 2.75) is 0 Å². The van der Waals surface area contributed by atoms with Gasteiger partial charge in [0, 0.05) is 16.0 Å². The molecule has 1 rings (SSSR count). The van der Waals surface area contributed by atoms with Crippen molar-refractivity contribution in [3.05, 3.63) is 46.3 Å². The zero-order valence-corrected chi connectivity index (χ0v) is 11.6. The summed E-state index contributed by atoms with van der Waals surface area (Å²) in [4.78, 5) is 22.5. The maximum atomic E-state index is 11.6. The summed E-state index contributed by atoms with van der Waals surface area (Å²) in [6, 6.07) is 5.99. The number of esters is 1. The van der Waals surface area contributed by atoms with Gasteiger partial charge in [-0.15, -0.1) is 0 Å². The van der Waals surface area contributed by atoms with E-state index < -0.39 is 27.3 Å². The molecule has 0 unspecified atom stereocenters. The standard InChI is InChI=1S/C12H11ClO5S/c1-18-12(15)8-19(16,17)7-6-11(14)9-2-4-10(13)5-3-9/h2-7H,8H2,1H3/b7-6+. The fourth-order valence-corrected chi connectivity index (χ4v) is 2.15. The lowest BCUT2D eigenvalue weighted by Crippen LogP contribution is -2.15. The van der Waals surface area contributed by atoms with Crippen LogP contribution in [0.2, 0.25) is 5.02 Å². The first-order chi connectivity index (χ1) is 8.84. The van der Waals surface area contributed by atoms with Crippen LogP contribution in [0.4, 0.5) is 0 Å². The Labute approximate surface area is 115 Å². The number of allylic oxidation sites excluding steroid dienone is 1. The van der Waals surface area contributed by atoms with Gasteiger partial charge in [-0.3, -0.25) is 9.59 Å². The Morgan fingerprint density at radius 3 is 2.37 bits per heavy atom. The molecule has 0 atom stereocenters. The van der Waals surface area contributed by atoms with Gasteiger partial charge in [0.25, 0.3) is 0 Å². The van der Waals surface area contributed by atoms with Crippen molar-refractivity contribution in [2.24, 2.45) is 0 Å². The number of sulfone groups is 1. The molecule has 0 amide bonds. The second kappa shape index (κ2) is 6.49. The van der Waals surface area contributed by atoms with Gasteiger partial charge in [-0.25, -0.2) is 8.42 Å². The third-order valence-electron chi connectivity index (χ3n) is 2.10. The van der Waals surface area contributed by atoms with Gasteiger partial charge < -0.3 is 4.74 Å². The van der Waals surface area contributed by atoms with Crippen LogP contribution < -0.4 is 0 Å². The number of halogens is 1. The van der Waals surface area contributed by atoms with Crippen LogP contribution in [-0.2, 0) is 19.4 Å². The number of hydrogen-bond donors (Lipinski definition) is 0. The highest BCUT2D eigenvalue weighted by Gasteiger charge is 2.14. The Morgan fingerprint density at radius 2 is 1.84 bits per heavy atom. The van der Waals surface area contributed by atoms with E-state index in [9.17, 15) is 18.0 Å². The molecule has 0 saturated heterocycles. The summed E-state index contributed by atoms with van der Waals surface area (Å²) in [5.74, 6) is -2.18. The van der Waals surface area contributed by atoms with Crippen LogP contribution in [0.3, 0.4) is 0 Å². The molecule has 7 heteroatoms. The summed E-state index contributed by atoms with van der Waals surface area (Å²) >= 11 is 5.66. The Kier molecular flexibility index (Phi) is 5.26. The molecular weight excluding hydrogens is 292 g/mol. The first kappa shape index (κ1) is 15.4. The molecule has 0 aromatic heterocycles. The fourth-order valence-electron chi connectivity index (χ4n) is 1.15. The van der Waals surface area contributed by atoms with Gasteiger partial charge >= 0.3 is 5.97 Å². The molecule has 0 N–H and O–H groups in total. The number of benzene rings is 1. The molecule has 0 spiro atoms. The second-order valence-electron chi connectivity index (χ2n) is 3.56. The number of carbonyl (C=O) groups excluding carboxylic acids is 2. The van der Waals surface area contributed by atoms with Crippen molar-refractivity contribution in [1.29, 1.82) is 0 Å². The average Bonchev–Trinajstić information content (AvgIpc) is 2.36. The van der Waals surface area contributed by atoms with Crippen LogP contribution >= 0.6 is 11.6 Å².